The van der Waals surface area contributed by atoms with Crippen LogP contribution in [0.3, 0.4) is 0 Å². The van der Waals surface area contributed by atoms with E-state index in [-0.39, 0.29) is 6.79 Å². The van der Waals surface area contributed by atoms with Gasteiger partial charge in [-0.05, 0) is 66.4 Å². The van der Waals surface area contributed by atoms with E-state index in [0.29, 0.717) is 47.4 Å². The number of hydrogen-bond donors (Lipinski definition) is 0. The van der Waals surface area contributed by atoms with Crippen molar-refractivity contribution >= 4 is 11.5 Å². The van der Waals surface area contributed by atoms with Crippen molar-refractivity contribution in [2.24, 2.45) is 0 Å². The highest BCUT2D eigenvalue weighted by Gasteiger charge is 2.36. The summed E-state index contributed by atoms with van der Waals surface area (Å²) in [6.07, 6.45) is 3.35. The van der Waals surface area contributed by atoms with Gasteiger partial charge in [-0.2, -0.15) is 0 Å². The second-order valence-corrected chi connectivity index (χ2v) is 9.48. The number of methoxy groups -OCH3 is 1. The smallest absolute Gasteiger partial charge is 0.338 e. The minimum Gasteiger partial charge on any atom is -0.494 e. The zero-order valence-electron chi connectivity index (χ0n) is 22.7. The zero-order chi connectivity index (χ0) is 27.2. The van der Waals surface area contributed by atoms with Gasteiger partial charge in [-0.3, -0.25) is 0 Å². The van der Waals surface area contributed by atoms with Crippen molar-refractivity contribution in [3.63, 3.8) is 0 Å². The number of esters is 1. The van der Waals surface area contributed by atoms with Gasteiger partial charge in [0.2, 0.25) is 6.79 Å². The van der Waals surface area contributed by atoms with Crippen LogP contribution >= 0.6 is 0 Å². The van der Waals surface area contributed by atoms with Gasteiger partial charge in [-0.25, -0.2) is 4.79 Å². The largest absolute Gasteiger partial charge is 0.494 e. The Morgan fingerprint density at radius 3 is 2.21 bits per heavy atom. The fourth-order valence-electron chi connectivity index (χ4n) is 4.68. The number of hydrogen-bond acceptors (Lipinski definition) is 7. The molecule has 0 radical (unpaired) electrons. The molecule has 2 heterocycles. The number of ether oxygens (including phenoxy) is 6. The Kier molecular flexibility index (Phi) is 8.25. The molecule has 0 amide bonds. The van der Waals surface area contributed by atoms with Crippen molar-refractivity contribution in [3.8, 4) is 28.7 Å². The molecule has 2 aliphatic rings. The van der Waals surface area contributed by atoms with Crippen molar-refractivity contribution in [3.05, 3.63) is 82.9 Å². The first-order chi connectivity index (χ1) is 19.1. The van der Waals surface area contributed by atoms with Gasteiger partial charge >= 0.3 is 5.97 Å². The SMILES string of the molecule is CCCCOc1ccc(C2Oc3ccc(OCCCC)cc3C(c3ccc4c(c3)OCO4)=C2C(=O)OC)cc1. The highest BCUT2D eigenvalue weighted by Crippen LogP contribution is 2.48. The van der Waals surface area contributed by atoms with Crippen molar-refractivity contribution in [2.75, 3.05) is 27.1 Å². The van der Waals surface area contributed by atoms with E-state index in [4.69, 9.17) is 28.4 Å². The van der Waals surface area contributed by atoms with Crippen LogP contribution < -0.4 is 23.7 Å². The van der Waals surface area contributed by atoms with Crippen LogP contribution in [0.1, 0.15) is 62.3 Å². The van der Waals surface area contributed by atoms with E-state index < -0.39 is 12.1 Å². The quantitative estimate of drug-likeness (QED) is 0.198. The monoisotopic (exact) mass is 530 g/mol. The van der Waals surface area contributed by atoms with E-state index in [1.54, 1.807) is 0 Å². The molecule has 0 fully saturated rings. The van der Waals surface area contributed by atoms with Crippen LogP contribution in [0.5, 0.6) is 28.7 Å². The fourth-order valence-corrected chi connectivity index (χ4v) is 4.68. The number of fused-ring (bicyclic) bond motifs is 2. The lowest BCUT2D eigenvalue weighted by Crippen LogP contribution is -2.24. The molecule has 0 N–H and O–H groups in total. The second kappa shape index (κ2) is 12.2. The average molecular weight is 531 g/mol. The number of carbonyl (C=O) groups is 1. The van der Waals surface area contributed by atoms with Gasteiger partial charge in [0.25, 0.3) is 0 Å². The second-order valence-electron chi connectivity index (χ2n) is 9.48. The van der Waals surface area contributed by atoms with Gasteiger partial charge in [-0.1, -0.05) is 44.9 Å². The highest BCUT2D eigenvalue weighted by molar-refractivity contribution is 6.05. The Morgan fingerprint density at radius 1 is 0.821 bits per heavy atom. The normalized spacial score (nSPS) is 15.4. The summed E-state index contributed by atoms with van der Waals surface area (Å²) in [4.78, 5) is 13.4. The molecule has 0 aromatic heterocycles. The summed E-state index contributed by atoms with van der Waals surface area (Å²) < 4.78 is 34.9. The van der Waals surface area contributed by atoms with E-state index in [2.05, 4.69) is 13.8 Å². The summed E-state index contributed by atoms with van der Waals surface area (Å²) in [6.45, 7) is 5.68. The van der Waals surface area contributed by atoms with Gasteiger partial charge in [0.1, 0.15) is 17.2 Å². The fraction of sp³-hybridized carbons (Fsp3) is 0.344. The van der Waals surface area contributed by atoms with Crippen LogP contribution in [0.15, 0.2) is 66.2 Å². The van der Waals surface area contributed by atoms with E-state index in [9.17, 15) is 4.79 Å². The number of unbranched alkanes of at least 4 members (excludes halogenated alkanes) is 2. The van der Waals surface area contributed by atoms with E-state index in [1.165, 1.54) is 7.11 Å². The Balaban J connectivity index is 1.62. The summed E-state index contributed by atoms with van der Waals surface area (Å²) in [6, 6.07) is 19.1. The zero-order valence-corrected chi connectivity index (χ0v) is 22.7. The van der Waals surface area contributed by atoms with Crippen LogP contribution in [0.4, 0.5) is 0 Å². The van der Waals surface area contributed by atoms with Gasteiger partial charge in [0, 0.05) is 11.1 Å². The first-order valence-corrected chi connectivity index (χ1v) is 13.5. The number of carbonyl (C=O) groups excluding carboxylic acids is 1. The van der Waals surface area contributed by atoms with Crippen LogP contribution in [0.25, 0.3) is 5.57 Å². The maximum Gasteiger partial charge on any atom is 0.338 e. The lowest BCUT2D eigenvalue weighted by molar-refractivity contribution is -0.137. The molecule has 1 atom stereocenters. The van der Waals surface area contributed by atoms with Gasteiger partial charge in [0.15, 0.2) is 17.6 Å². The molecule has 2 aliphatic heterocycles. The lowest BCUT2D eigenvalue weighted by atomic mass is 9.85. The summed E-state index contributed by atoms with van der Waals surface area (Å²) in [5.74, 6) is 2.94. The third-order valence-corrected chi connectivity index (χ3v) is 6.78. The summed E-state index contributed by atoms with van der Waals surface area (Å²) in [5, 5.41) is 0. The molecule has 5 rings (SSSR count). The van der Waals surface area contributed by atoms with Crippen LogP contribution in [-0.4, -0.2) is 33.1 Å². The topological polar surface area (TPSA) is 72.5 Å². The van der Waals surface area contributed by atoms with Gasteiger partial charge in [0.05, 0.1) is 25.9 Å². The molecule has 0 bridgehead atoms. The summed E-state index contributed by atoms with van der Waals surface area (Å²) in [7, 11) is 1.38. The molecule has 0 aliphatic carbocycles. The van der Waals surface area contributed by atoms with E-state index in [0.717, 1.165) is 48.1 Å². The van der Waals surface area contributed by atoms with Crippen LogP contribution in [0.2, 0.25) is 0 Å². The van der Waals surface area contributed by atoms with Crippen molar-refractivity contribution in [1.82, 2.24) is 0 Å². The standard InChI is InChI=1S/C32H34O7/c1-4-6-16-35-23-11-8-21(9-12-23)31-30(32(33)34-3)29(22-10-14-27-28(18-22)38-20-37-27)25-19-24(36-17-7-5-2)13-15-26(25)39-31/h8-15,18-19,31H,4-7,16-17,20H2,1-3H3. The third-order valence-electron chi connectivity index (χ3n) is 6.78. The van der Waals surface area contributed by atoms with Crippen LogP contribution in [-0.2, 0) is 9.53 Å². The number of rotatable bonds is 11. The van der Waals surface area contributed by atoms with Crippen LogP contribution in [0, 0.1) is 0 Å². The first kappa shape index (κ1) is 26.5. The molecular formula is C32H34O7. The molecule has 1 unspecified atom stereocenters. The van der Waals surface area contributed by atoms with E-state index >= 15 is 0 Å². The Morgan fingerprint density at radius 2 is 1.49 bits per heavy atom. The summed E-state index contributed by atoms with van der Waals surface area (Å²) >= 11 is 0. The number of benzene rings is 3. The minimum atomic E-state index is -0.693. The lowest BCUT2D eigenvalue weighted by Gasteiger charge is -2.31. The van der Waals surface area contributed by atoms with Crippen molar-refractivity contribution in [2.45, 2.75) is 45.6 Å². The van der Waals surface area contributed by atoms with E-state index in [1.807, 2.05) is 60.7 Å². The molecule has 39 heavy (non-hydrogen) atoms. The maximum absolute atomic E-state index is 13.4. The van der Waals surface area contributed by atoms with Gasteiger partial charge < -0.3 is 28.4 Å². The molecule has 3 aromatic rings. The van der Waals surface area contributed by atoms with Crippen molar-refractivity contribution < 1.29 is 33.2 Å². The average Bonchev–Trinajstić information content (AvgIpc) is 3.44. The predicted octanol–water partition coefficient (Wildman–Crippen LogP) is 6.88. The third kappa shape index (κ3) is 5.67. The molecule has 3 aromatic carbocycles. The Hall–Kier alpha value is -4.13. The molecular weight excluding hydrogens is 496 g/mol. The minimum absolute atomic E-state index is 0.159. The van der Waals surface area contributed by atoms with Crippen molar-refractivity contribution in [1.29, 1.82) is 0 Å². The molecule has 0 saturated carbocycles. The molecule has 7 nitrogen and oxygen atoms in total. The molecule has 0 saturated heterocycles. The highest BCUT2D eigenvalue weighted by atomic mass is 16.7. The predicted molar refractivity (Wildman–Crippen MR) is 148 cm³/mol. The Bertz CT molecular complexity index is 1340. The Labute approximate surface area is 229 Å². The van der Waals surface area contributed by atoms with Gasteiger partial charge in [-0.15, -0.1) is 0 Å². The molecule has 7 heteroatoms. The molecule has 204 valence electrons. The first-order valence-electron chi connectivity index (χ1n) is 13.5. The summed E-state index contributed by atoms with van der Waals surface area (Å²) in [5.41, 5.74) is 3.45. The maximum atomic E-state index is 13.4. The molecule has 0 spiro atoms.